The third kappa shape index (κ3) is 5.88. The summed E-state index contributed by atoms with van der Waals surface area (Å²) in [5, 5.41) is 2.88. The molecular weight excluding hydrogens is 390 g/mol. The molecule has 0 heterocycles. The van der Waals surface area contributed by atoms with E-state index in [2.05, 4.69) is 5.32 Å². The number of methoxy groups -OCH3 is 2. The summed E-state index contributed by atoms with van der Waals surface area (Å²) in [6.07, 6.45) is 0.662. The van der Waals surface area contributed by atoms with Crippen LogP contribution in [0, 0.1) is 0 Å². The zero-order valence-electron chi connectivity index (χ0n) is 15.2. The first-order valence-corrected chi connectivity index (χ1v) is 8.39. The van der Waals surface area contributed by atoms with Crippen molar-refractivity contribution in [2.45, 2.75) is 0 Å². The Labute approximate surface area is 166 Å². The summed E-state index contributed by atoms with van der Waals surface area (Å²) in [7, 11) is 2.89. The van der Waals surface area contributed by atoms with E-state index in [-0.39, 0.29) is 5.75 Å². The molecule has 0 saturated carbocycles. The average Bonchev–Trinajstić information content (AvgIpc) is 2.70. The molecule has 0 aliphatic rings. The molecule has 0 aromatic heterocycles. The largest absolute Gasteiger partial charge is 0.495 e. The van der Waals surface area contributed by atoms with Crippen molar-refractivity contribution in [1.29, 1.82) is 0 Å². The van der Waals surface area contributed by atoms with Crippen molar-refractivity contribution in [1.82, 2.24) is 0 Å². The van der Waals surface area contributed by atoms with Crippen LogP contribution in [-0.2, 0) is 14.3 Å². The van der Waals surface area contributed by atoms with Crippen LogP contribution >= 0.6 is 11.6 Å². The quantitative estimate of drug-likeness (QED) is 0.503. The van der Waals surface area contributed by atoms with Gasteiger partial charge < -0.3 is 24.3 Å². The van der Waals surface area contributed by atoms with Gasteiger partial charge in [-0.25, -0.2) is 4.79 Å². The summed E-state index contributed by atoms with van der Waals surface area (Å²) in [6.45, 7) is -0.925. The number of aldehydes is 1. The number of nitrogens with one attached hydrogen (secondary N) is 1. The molecule has 1 amide bonds. The van der Waals surface area contributed by atoms with Crippen molar-refractivity contribution in [2.75, 3.05) is 32.8 Å². The van der Waals surface area contributed by atoms with Crippen molar-refractivity contribution >= 4 is 35.5 Å². The number of rotatable bonds is 9. The number of hydrogen-bond acceptors (Lipinski definition) is 7. The van der Waals surface area contributed by atoms with Crippen molar-refractivity contribution < 1.29 is 33.3 Å². The van der Waals surface area contributed by atoms with Crippen LogP contribution in [0.25, 0.3) is 0 Å². The molecule has 148 valence electrons. The smallest absolute Gasteiger partial charge is 0.344 e. The van der Waals surface area contributed by atoms with Crippen LogP contribution in [0.4, 0.5) is 5.69 Å². The number of amides is 1. The first-order chi connectivity index (χ1) is 13.5. The Balaban J connectivity index is 1.81. The number of esters is 1. The fourth-order valence-electron chi connectivity index (χ4n) is 2.14. The Morgan fingerprint density at radius 1 is 1.00 bits per heavy atom. The highest BCUT2D eigenvalue weighted by Gasteiger charge is 2.12. The van der Waals surface area contributed by atoms with Crippen LogP contribution in [0.1, 0.15) is 10.4 Å². The number of halogens is 1. The van der Waals surface area contributed by atoms with Crippen LogP contribution in [0.5, 0.6) is 17.2 Å². The van der Waals surface area contributed by atoms with Gasteiger partial charge >= 0.3 is 5.97 Å². The van der Waals surface area contributed by atoms with Crippen LogP contribution in [0.3, 0.4) is 0 Å². The van der Waals surface area contributed by atoms with Gasteiger partial charge in [-0.15, -0.1) is 0 Å². The predicted molar refractivity (Wildman–Crippen MR) is 101 cm³/mol. The summed E-state index contributed by atoms with van der Waals surface area (Å²) in [5.74, 6) is -0.249. The molecule has 0 atom stereocenters. The Kier molecular flexibility index (Phi) is 7.65. The first kappa shape index (κ1) is 21.0. The minimum atomic E-state index is -0.746. The monoisotopic (exact) mass is 407 g/mol. The summed E-state index contributed by atoms with van der Waals surface area (Å²) < 4.78 is 20.3. The van der Waals surface area contributed by atoms with Gasteiger partial charge in [0.1, 0.15) is 12.0 Å². The second kappa shape index (κ2) is 10.2. The van der Waals surface area contributed by atoms with Gasteiger partial charge in [-0.2, -0.15) is 0 Å². The lowest BCUT2D eigenvalue weighted by Crippen LogP contribution is -2.23. The molecule has 0 unspecified atom stereocenters. The van der Waals surface area contributed by atoms with E-state index in [0.29, 0.717) is 34.1 Å². The van der Waals surface area contributed by atoms with Crippen LogP contribution in [0.2, 0.25) is 5.02 Å². The lowest BCUT2D eigenvalue weighted by atomic mass is 10.2. The fraction of sp³-hybridized carbons (Fsp3) is 0.211. The summed E-state index contributed by atoms with van der Waals surface area (Å²) >= 11 is 5.98. The summed E-state index contributed by atoms with van der Waals surface area (Å²) in [6, 6.07) is 9.20. The average molecular weight is 408 g/mol. The minimum Gasteiger partial charge on any atom is -0.495 e. The zero-order valence-corrected chi connectivity index (χ0v) is 15.9. The number of carbonyl (C=O) groups is 3. The zero-order chi connectivity index (χ0) is 20.5. The Hall–Kier alpha value is -3.26. The highest BCUT2D eigenvalue weighted by atomic mass is 35.5. The number of benzene rings is 2. The number of ether oxygens (including phenoxy) is 4. The van der Waals surface area contributed by atoms with Gasteiger partial charge in [-0.1, -0.05) is 11.6 Å². The summed E-state index contributed by atoms with van der Waals surface area (Å²) in [4.78, 5) is 34.4. The van der Waals surface area contributed by atoms with Crippen molar-refractivity contribution in [3.63, 3.8) is 0 Å². The Morgan fingerprint density at radius 2 is 1.71 bits per heavy atom. The molecule has 0 saturated heterocycles. The maximum absolute atomic E-state index is 11.9. The van der Waals surface area contributed by atoms with E-state index in [1.54, 1.807) is 12.1 Å². The molecule has 2 aromatic carbocycles. The second-order valence-corrected chi connectivity index (χ2v) is 5.78. The molecule has 0 bridgehead atoms. The topological polar surface area (TPSA) is 100 Å². The molecule has 1 N–H and O–H groups in total. The Morgan fingerprint density at radius 3 is 2.36 bits per heavy atom. The molecule has 0 spiro atoms. The van der Waals surface area contributed by atoms with Gasteiger partial charge in [0.15, 0.2) is 24.7 Å². The fourth-order valence-corrected chi connectivity index (χ4v) is 2.40. The van der Waals surface area contributed by atoms with Crippen molar-refractivity contribution in [3.8, 4) is 17.2 Å². The van der Waals surface area contributed by atoms with E-state index in [1.165, 1.54) is 38.5 Å². The number of carbonyl (C=O) groups excluding carboxylic acids is 3. The van der Waals surface area contributed by atoms with Crippen molar-refractivity contribution in [3.05, 3.63) is 47.0 Å². The van der Waals surface area contributed by atoms with Gasteiger partial charge in [-0.3, -0.25) is 9.59 Å². The molecule has 0 aliphatic carbocycles. The lowest BCUT2D eigenvalue weighted by molar-refractivity contribution is -0.149. The number of hydrogen-bond donors (Lipinski definition) is 1. The molecule has 28 heavy (non-hydrogen) atoms. The van der Waals surface area contributed by atoms with Gasteiger partial charge in [-0.05, 0) is 36.4 Å². The molecule has 0 fully saturated rings. The van der Waals surface area contributed by atoms with Crippen LogP contribution in [0.15, 0.2) is 36.4 Å². The normalized spacial score (nSPS) is 9.96. The van der Waals surface area contributed by atoms with Crippen molar-refractivity contribution in [2.24, 2.45) is 0 Å². The molecule has 0 aliphatic heterocycles. The standard InChI is InChI=1S/C19H18ClNO7/c1-25-15-6-4-13(8-14(15)20)21-18(23)10-28-19(24)11-27-16-5-3-12(9-22)7-17(16)26-2/h3-9H,10-11H2,1-2H3,(H,21,23). The highest BCUT2D eigenvalue weighted by molar-refractivity contribution is 6.32. The molecule has 2 rings (SSSR count). The molecule has 0 radical (unpaired) electrons. The van der Waals surface area contributed by atoms with E-state index in [9.17, 15) is 14.4 Å². The van der Waals surface area contributed by atoms with Crippen LogP contribution < -0.4 is 19.5 Å². The molecule has 9 heteroatoms. The van der Waals surface area contributed by atoms with Crippen LogP contribution in [-0.4, -0.2) is 45.6 Å². The van der Waals surface area contributed by atoms with E-state index in [1.807, 2.05) is 0 Å². The maximum atomic E-state index is 11.9. The Bertz CT molecular complexity index is 869. The highest BCUT2D eigenvalue weighted by Crippen LogP contribution is 2.28. The van der Waals surface area contributed by atoms with Gasteiger partial charge in [0, 0.05) is 11.3 Å². The van der Waals surface area contributed by atoms with E-state index in [0.717, 1.165) is 0 Å². The molecule has 2 aromatic rings. The first-order valence-electron chi connectivity index (χ1n) is 8.02. The van der Waals surface area contributed by atoms with Gasteiger partial charge in [0.25, 0.3) is 5.91 Å². The van der Waals surface area contributed by atoms with Gasteiger partial charge in [0.2, 0.25) is 0 Å². The number of anilines is 1. The third-order valence-corrected chi connectivity index (χ3v) is 3.76. The summed E-state index contributed by atoms with van der Waals surface area (Å²) in [5.41, 5.74) is 0.838. The van der Waals surface area contributed by atoms with Gasteiger partial charge in [0.05, 0.1) is 19.2 Å². The minimum absolute atomic E-state index is 0.266. The molecular formula is C19H18ClNO7. The third-order valence-electron chi connectivity index (χ3n) is 3.47. The molecule has 8 nitrogen and oxygen atoms in total. The second-order valence-electron chi connectivity index (χ2n) is 5.38. The lowest BCUT2D eigenvalue weighted by Gasteiger charge is -2.11. The SMILES string of the molecule is COc1ccc(NC(=O)COC(=O)COc2ccc(C=O)cc2OC)cc1Cl. The van der Waals surface area contributed by atoms with E-state index in [4.69, 9.17) is 30.5 Å². The maximum Gasteiger partial charge on any atom is 0.344 e. The predicted octanol–water partition coefficient (Wildman–Crippen LogP) is 2.73. The van der Waals surface area contributed by atoms with E-state index < -0.39 is 25.1 Å². The van der Waals surface area contributed by atoms with E-state index >= 15 is 0 Å².